The summed E-state index contributed by atoms with van der Waals surface area (Å²) in [6.07, 6.45) is 0.603. The Kier molecular flexibility index (Phi) is 3.60. The highest BCUT2D eigenvalue weighted by atomic mass is 16.4. The minimum atomic E-state index is -1.01. The molecule has 118 valence electrons. The van der Waals surface area contributed by atoms with E-state index in [2.05, 4.69) is 0 Å². The van der Waals surface area contributed by atoms with E-state index >= 15 is 0 Å². The van der Waals surface area contributed by atoms with Gasteiger partial charge in [-0.1, -0.05) is 12.1 Å². The molecule has 23 heavy (non-hydrogen) atoms. The van der Waals surface area contributed by atoms with Crippen LogP contribution in [0.1, 0.15) is 46.4 Å². The molecule has 3 rings (SSSR count). The smallest absolute Gasteiger partial charge is 0.303 e. The van der Waals surface area contributed by atoms with Gasteiger partial charge in [0.05, 0.1) is 11.1 Å². The molecule has 1 aromatic carbocycles. The van der Waals surface area contributed by atoms with Gasteiger partial charge in [0.25, 0.3) is 0 Å². The quantitative estimate of drug-likeness (QED) is 0.825. The molecular weight excluding hydrogens is 300 g/mol. The SMILES string of the molecule is O=C(O)CCC1CCC2=C(C(=O)c3c(O)cccc3C2=O)C1=O. The standard InChI is InChI=1S/C17H14O6/c18-11-3-1-2-9-13(11)17(23)14-10(16(9)22)6-4-8(15(14)21)5-7-12(19)20/h1-3,8,18H,4-7H2,(H,19,20). The monoisotopic (exact) mass is 314 g/mol. The number of allylic oxidation sites excluding steroid dienone is 2. The van der Waals surface area contributed by atoms with Crippen molar-refractivity contribution in [1.29, 1.82) is 0 Å². The number of ketones is 3. The number of phenols is 1. The Morgan fingerprint density at radius 2 is 1.91 bits per heavy atom. The fourth-order valence-corrected chi connectivity index (χ4v) is 3.23. The highest BCUT2D eigenvalue weighted by Gasteiger charge is 2.42. The van der Waals surface area contributed by atoms with E-state index < -0.39 is 29.2 Å². The molecule has 0 radical (unpaired) electrons. The third-order valence-corrected chi connectivity index (χ3v) is 4.38. The van der Waals surface area contributed by atoms with Crippen LogP contribution in [0.15, 0.2) is 29.3 Å². The maximum atomic E-state index is 12.6. The number of phenolic OH excluding ortho intramolecular Hbond substituents is 1. The van der Waals surface area contributed by atoms with E-state index in [0.29, 0.717) is 6.42 Å². The molecule has 2 aliphatic carbocycles. The van der Waals surface area contributed by atoms with Crippen molar-refractivity contribution in [2.75, 3.05) is 0 Å². The number of fused-ring (bicyclic) bond motifs is 1. The van der Waals surface area contributed by atoms with Crippen LogP contribution >= 0.6 is 0 Å². The Labute approximate surface area is 131 Å². The van der Waals surface area contributed by atoms with Crippen LogP contribution in [-0.4, -0.2) is 33.5 Å². The molecule has 0 amide bonds. The highest BCUT2D eigenvalue weighted by molar-refractivity contribution is 6.38. The minimum Gasteiger partial charge on any atom is -0.507 e. The number of hydrogen-bond donors (Lipinski definition) is 2. The van der Waals surface area contributed by atoms with Crippen LogP contribution < -0.4 is 0 Å². The molecule has 0 aromatic heterocycles. The summed E-state index contributed by atoms with van der Waals surface area (Å²) in [4.78, 5) is 48.3. The lowest BCUT2D eigenvalue weighted by molar-refractivity contribution is -0.137. The number of carbonyl (C=O) groups is 4. The van der Waals surface area contributed by atoms with E-state index in [1.54, 1.807) is 0 Å². The van der Waals surface area contributed by atoms with Gasteiger partial charge in [-0.25, -0.2) is 0 Å². The van der Waals surface area contributed by atoms with Crippen molar-refractivity contribution in [1.82, 2.24) is 0 Å². The molecule has 1 aromatic rings. The number of hydrogen-bond acceptors (Lipinski definition) is 5. The van der Waals surface area contributed by atoms with E-state index in [1.165, 1.54) is 18.2 Å². The number of carboxylic acids is 1. The maximum Gasteiger partial charge on any atom is 0.303 e. The van der Waals surface area contributed by atoms with Crippen molar-refractivity contribution in [3.05, 3.63) is 40.5 Å². The lowest BCUT2D eigenvalue weighted by Gasteiger charge is -2.28. The van der Waals surface area contributed by atoms with Crippen LogP contribution in [0.3, 0.4) is 0 Å². The molecule has 6 heteroatoms. The predicted molar refractivity (Wildman–Crippen MR) is 78.4 cm³/mol. The molecule has 0 heterocycles. The summed E-state index contributed by atoms with van der Waals surface area (Å²) < 4.78 is 0. The maximum absolute atomic E-state index is 12.6. The van der Waals surface area contributed by atoms with E-state index in [9.17, 15) is 24.3 Å². The first-order chi connectivity index (χ1) is 10.9. The topological polar surface area (TPSA) is 109 Å². The van der Waals surface area contributed by atoms with E-state index in [0.717, 1.165) is 0 Å². The molecule has 0 saturated carbocycles. The minimum absolute atomic E-state index is 0.116. The molecule has 6 nitrogen and oxygen atoms in total. The van der Waals surface area contributed by atoms with E-state index in [4.69, 9.17) is 5.11 Å². The number of carbonyl (C=O) groups excluding carboxylic acids is 3. The van der Waals surface area contributed by atoms with Gasteiger partial charge in [0.1, 0.15) is 5.75 Å². The summed E-state index contributed by atoms with van der Waals surface area (Å²) in [5.41, 5.74) is -0.00988. The summed E-state index contributed by atoms with van der Waals surface area (Å²) in [7, 11) is 0. The van der Waals surface area contributed by atoms with Crippen LogP contribution in [0.5, 0.6) is 5.75 Å². The first-order valence-electron chi connectivity index (χ1n) is 7.32. The Morgan fingerprint density at radius 3 is 2.61 bits per heavy atom. The number of carboxylic acid groups (broad SMARTS) is 1. The largest absolute Gasteiger partial charge is 0.507 e. The van der Waals surface area contributed by atoms with Gasteiger partial charge in [0.15, 0.2) is 11.6 Å². The van der Waals surface area contributed by atoms with Crippen molar-refractivity contribution in [2.45, 2.75) is 25.7 Å². The lowest BCUT2D eigenvalue weighted by atomic mass is 9.72. The Balaban J connectivity index is 2.02. The highest BCUT2D eigenvalue weighted by Crippen LogP contribution is 2.39. The molecule has 2 aliphatic rings. The molecule has 0 spiro atoms. The number of benzene rings is 1. The van der Waals surface area contributed by atoms with Gasteiger partial charge in [0.2, 0.25) is 5.78 Å². The van der Waals surface area contributed by atoms with Crippen LogP contribution in [0.2, 0.25) is 0 Å². The lowest BCUT2D eigenvalue weighted by Crippen LogP contribution is -2.34. The number of aliphatic carboxylic acids is 1. The predicted octanol–water partition coefficient (Wildman–Crippen LogP) is 1.91. The van der Waals surface area contributed by atoms with Crippen molar-refractivity contribution < 1.29 is 29.4 Å². The molecule has 0 aliphatic heterocycles. The van der Waals surface area contributed by atoms with Crippen molar-refractivity contribution in [3.63, 3.8) is 0 Å². The first-order valence-corrected chi connectivity index (χ1v) is 7.32. The Morgan fingerprint density at radius 1 is 1.17 bits per heavy atom. The molecule has 1 unspecified atom stereocenters. The van der Waals surface area contributed by atoms with Gasteiger partial charge >= 0.3 is 5.97 Å². The van der Waals surface area contributed by atoms with Gasteiger partial charge < -0.3 is 10.2 Å². The zero-order valence-corrected chi connectivity index (χ0v) is 12.2. The van der Waals surface area contributed by atoms with Crippen molar-refractivity contribution in [2.24, 2.45) is 5.92 Å². The molecule has 1 atom stereocenters. The summed E-state index contributed by atoms with van der Waals surface area (Å²) in [5, 5.41) is 18.6. The van der Waals surface area contributed by atoms with Crippen molar-refractivity contribution >= 4 is 23.3 Å². The third kappa shape index (κ3) is 2.36. The van der Waals surface area contributed by atoms with Gasteiger partial charge in [-0.2, -0.15) is 0 Å². The molecule has 0 fully saturated rings. The van der Waals surface area contributed by atoms with E-state index in [1.807, 2.05) is 0 Å². The van der Waals surface area contributed by atoms with Gasteiger partial charge in [0, 0.05) is 23.5 Å². The summed E-state index contributed by atoms with van der Waals surface area (Å²) in [6.45, 7) is 0. The van der Waals surface area contributed by atoms with Crippen LogP contribution in [-0.2, 0) is 9.59 Å². The zero-order valence-electron chi connectivity index (χ0n) is 12.2. The first kappa shape index (κ1) is 15.1. The average Bonchev–Trinajstić information content (AvgIpc) is 2.51. The zero-order chi connectivity index (χ0) is 16.7. The summed E-state index contributed by atoms with van der Waals surface area (Å²) in [5.74, 6) is -3.44. The Hall–Kier alpha value is -2.76. The number of aromatic hydroxyl groups is 1. The summed E-state index contributed by atoms with van der Waals surface area (Å²) in [6, 6.07) is 4.23. The Bertz CT molecular complexity index is 786. The fourth-order valence-electron chi connectivity index (χ4n) is 3.23. The van der Waals surface area contributed by atoms with Crippen molar-refractivity contribution in [3.8, 4) is 5.75 Å². The summed E-state index contributed by atoms with van der Waals surface area (Å²) >= 11 is 0. The van der Waals surface area contributed by atoms with Gasteiger partial charge in [-0.15, -0.1) is 0 Å². The van der Waals surface area contributed by atoms with E-state index in [-0.39, 0.29) is 47.3 Å². The molecule has 2 N–H and O–H groups in total. The molecule has 0 saturated heterocycles. The number of Topliss-reactive ketones (excluding diaryl/α,β-unsaturated/α-hetero) is 3. The van der Waals surface area contributed by atoms with Crippen LogP contribution in [0.4, 0.5) is 0 Å². The van der Waals surface area contributed by atoms with Gasteiger partial charge in [-0.3, -0.25) is 19.2 Å². The second kappa shape index (κ2) is 5.46. The molecular formula is C17H14O6. The normalized spacial score (nSPS) is 20.3. The fraction of sp³-hybridized carbons (Fsp3) is 0.294. The molecule has 0 bridgehead atoms. The third-order valence-electron chi connectivity index (χ3n) is 4.38. The second-order valence-corrected chi connectivity index (χ2v) is 5.74. The van der Waals surface area contributed by atoms with Crippen LogP contribution in [0, 0.1) is 5.92 Å². The van der Waals surface area contributed by atoms with Gasteiger partial charge in [-0.05, 0) is 25.3 Å². The number of rotatable bonds is 3. The second-order valence-electron chi connectivity index (χ2n) is 5.74. The average molecular weight is 314 g/mol. The van der Waals surface area contributed by atoms with Crippen LogP contribution in [0.25, 0.3) is 0 Å².